The summed E-state index contributed by atoms with van der Waals surface area (Å²) in [4.78, 5) is 0. The van der Waals surface area contributed by atoms with Crippen molar-refractivity contribution in [2.24, 2.45) is 0 Å². The molecule has 0 amide bonds. The van der Waals surface area contributed by atoms with Gasteiger partial charge in [-0.1, -0.05) is 0 Å². The fourth-order valence-electron chi connectivity index (χ4n) is 0.815. The van der Waals surface area contributed by atoms with E-state index in [4.69, 9.17) is 12.3 Å². The van der Waals surface area contributed by atoms with Crippen molar-refractivity contribution in [2.45, 2.75) is 26.7 Å². The second-order valence-electron chi connectivity index (χ2n) is 2.61. The van der Waals surface area contributed by atoms with E-state index in [9.17, 15) is 0 Å². The van der Waals surface area contributed by atoms with Gasteiger partial charge in [0.15, 0.2) is 0 Å². The molecule has 0 bridgehead atoms. The molecule has 80 valence electrons. The van der Waals surface area contributed by atoms with Crippen molar-refractivity contribution in [1.29, 1.82) is 0 Å². The molecule has 0 atom stereocenters. The van der Waals surface area contributed by atoms with E-state index in [2.05, 4.69) is 0 Å². The summed E-state index contributed by atoms with van der Waals surface area (Å²) in [6, 6.07) is 0. The van der Waals surface area contributed by atoms with Gasteiger partial charge in [-0.2, -0.15) is 0 Å². The number of hydrogen-bond acceptors (Lipinski definition) is 4. The molecule has 13 heavy (non-hydrogen) atoms. The van der Waals surface area contributed by atoms with Crippen molar-refractivity contribution < 1.29 is 12.3 Å². The molecule has 0 saturated heterocycles. The predicted octanol–water partition coefficient (Wildman–Crippen LogP) is 1.57. The molecule has 0 aliphatic carbocycles. The van der Waals surface area contributed by atoms with E-state index in [0.717, 1.165) is 12.8 Å². The zero-order valence-electron chi connectivity index (χ0n) is 8.96. The summed E-state index contributed by atoms with van der Waals surface area (Å²) in [6.07, 6.45) is 1.89. The molecule has 5 heteroatoms. The molecule has 0 aromatic rings. The van der Waals surface area contributed by atoms with Crippen molar-refractivity contribution in [1.82, 2.24) is 0 Å². The summed E-state index contributed by atoms with van der Waals surface area (Å²) in [6.45, 7) is 5.37. The van der Waals surface area contributed by atoms with E-state index in [1.165, 1.54) is 0 Å². The van der Waals surface area contributed by atoms with Crippen LogP contribution in [-0.4, -0.2) is 47.5 Å². The molecule has 0 unspecified atom stereocenters. The maximum absolute atomic E-state index is 5.52. The average molecular weight is 299 g/mol. The average Bonchev–Trinajstić information content (AvgIpc) is 2.20. The molecular weight excluding hydrogens is 279 g/mol. The summed E-state index contributed by atoms with van der Waals surface area (Å²) >= 11 is -3.54. The zero-order chi connectivity index (χ0) is 10.2. The third-order valence-corrected chi connectivity index (χ3v) is 7.50. The maximum atomic E-state index is 5.52. The first-order chi connectivity index (χ1) is 6.24. The van der Waals surface area contributed by atoms with Gasteiger partial charge in [-0.3, -0.25) is 0 Å². The fourth-order valence-corrected chi connectivity index (χ4v) is 5.47. The van der Waals surface area contributed by atoms with Crippen LogP contribution in [0.4, 0.5) is 0 Å². The molecule has 4 nitrogen and oxygen atoms in total. The summed E-state index contributed by atoms with van der Waals surface area (Å²) < 4.78 is 21.5. The molecule has 0 saturated carbocycles. The number of hydrogen-bond donors (Lipinski definition) is 0. The van der Waals surface area contributed by atoms with Crippen molar-refractivity contribution in [3.63, 3.8) is 0 Å². The van der Waals surface area contributed by atoms with E-state index >= 15 is 0 Å². The Labute approximate surface area is 86.6 Å². The Bertz CT molecular complexity index is 107. The second-order valence-corrected chi connectivity index (χ2v) is 9.44. The normalized spacial score (nSPS) is 12.0. The van der Waals surface area contributed by atoms with Crippen LogP contribution < -0.4 is 0 Å². The summed E-state index contributed by atoms with van der Waals surface area (Å²) in [5.74, 6) is 0. The van der Waals surface area contributed by atoms with E-state index in [1.54, 1.807) is 14.2 Å². The van der Waals surface area contributed by atoms with Gasteiger partial charge in [0.2, 0.25) is 0 Å². The topological polar surface area (TPSA) is 36.9 Å². The Morgan fingerprint density at radius 2 is 1.23 bits per heavy atom. The van der Waals surface area contributed by atoms with Crippen LogP contribution in [0.25, 0.3) is 0 Å². The summed E-state index contributed by atoms with van der Waals surface area (Å²) in [7, 11) is 3.18. The summed E-state index contributed by atoms with van der Waals surface area (Å²) in [5, 5.41) is 0. The van der Waals surface area contributed by atoms with E-state index in [1.807, 2.05) is 13.8 Å². The van der Waals surface area contributed by atoms with Crippen LogP contribution in [0.15, 0.2) is 0 Å². The van der Waals surface area contributed by atoms with Crippen LogP contribution in [0.1, 0.15) is 26.7 Å². The first kappa shape index (κ1) is 13.6. The van der Waals surface area contributed by atoms with Crippen LogP contribution in [0.3, 0.4) is 0 Å². The molecule has 0 spiro atoms. The van der Waals surface area contributed by atoms with Crippen LogP contribution in [0.5, 0.6) is 0 Å². The van der Waals surface area contributed by atoms with Crippen LogP contribution in [0.2, 0.25) is 0 Å². The molecular formula is C8H20O4Sn. The molecule has 0 N–H and O–H groups in total. The van der Waals surface area contributed by atoms with Crippen LogP contribution in [-0.2, 0) is 12.3 Å². The minimum absolute atomic E-state index is 0.640. The first-order valence-electron chi connectivity index (χ1n) is 4.62. The molecule has 0 aromatic heterocycles. The van der Waals surface area contributed by atoms with E-state index in [0.29, 0.717) is 13.2 Å². The molecule has 0 aromatic carbocycles. The SMILES string of the molecule is CCC[O][Sn]([O]C)([O]C)[O]CCC. The summed E-state index contributed by atoms with van der Waals surface area (Å²) in [5.41, 5.74) is 0. The Morgan fingerprint density at radius 3 is 1.46 bits per heavy atom. The third-order valence-electron chi connectivity index (χ3n) is 1.47. The Balaban J connectivity index is 3.97. The van der Waals surface area contributed by atoms with Gasteiger partial charge in [0.25, 0.3) is 0 Å². The minimum atomic E-state index is -3.54. The van der Waals surface area contributed by atoms with Gasteiger partial charge in [-0.25, -0.2) is 0 Å². The fraction of sp³-hybridized carbons (Fsp3) is 1.00. The van der Waals surface area contributed by atoms with Crippen molar-refractivity contribution in [3.05, 3.63) is 0 Å². The van der Waals surface area contributed by atoms with Crippen molar-refractivity contribution in [3.8, 4) is 0 Å². The van der Waals surface area contributed by atoms with Crippen LogP contribution >= 0.6 is 0 Å². The van der Waals surface area contributed by atoms with E-state index in [-0.39, 0.29) is 0 Å². The molecule has 0 heterocycles. The Hall–Kier alpha value is 0.639. The van der Waals surface area contributed by atoms with Crippen LogP contribution in [0, 0.1) is 0 Å². The number of rotatable bonds is 8. The quantitative estimate of drug-likeness (QED) is 0.638. The Morgan fingerprint density at radius 1 is 0.846 bits per heavy atom. The van der Waals surface area contributed by atoms with E-state index < -0.39 is 20.0 Å². The zero-order valence-corrected chi connectivity index (χ0v) is 11.8. The van der Waals surface area contributed by atoms with Gasteiger partial charge in [-0.05, 0) is 0 Å². The predicted molar refractivity (Wildman–Crippen MR) is 52.3 cm³/mol. The molecule has 0 radical (unpaired) electrons. The van der Waals surface area contributed by atoms with Gasteiger partial charge >= 0.3 is 86.5 Å². The second kappa shape index (κ2) is 7.99. The third kappa shape index (κ3) is 5.17. The standard InChI is InChI=1S/2C3H7O.2CH3O.Sn/c2*1-2-3-4;2*1-2;/h2*2-3H2,1H3;2*1H3;/q4*-1;+4. The Kier molecular flexibility index (Phi) is 8.38. The van der Waals surface area contributed by atoms with Gasteiger partial charge in [0.1, 0.15) is 0 Å². The first-order valence-corrected chi connectivity index (χ1v) is 9.29. The van der Waals surface area contributed by atoms with Gasteiger partial charge in [0, 0.05) is 0 Å². The van der Waals surface area contributed by atoms with Crippen molar-refractivity contribution in [2.75, 3.05) is 27.4 Å². The van der Waals surface area contributed by atoms with Gasteiger partial charge < -0.3 is 0 Å². The molecule has 0 aliphatic heterocycles. The van der Waals surface area contributed by atoms with Crippen molar-refractivity contribution >= 4 is 20.0 Å². The monoisotopic (exact) mass is 300 g/mol. The molecule has 0 aliphatic rings. The van der Waals surface area contributed by atoms with Gasteiger partial charge in [0.05, 0.1) is 0 Å². The molecule has 0 rings (SSSR count). The molecule has 0 fully saturated rings. The van der Waals surface area contributed by atoms with Gasteiger partial charge in [-0.15, -0.1) is 0 Å².